The Bertz CT molecular complexity index is 209. The zero-order valence-corrected chi connectivity index (χ0v) is 4.61. The lowest BCUT2D eigenvalue weighted by Crippen LogP contribution is -2.12. The van der Waals surface area contributed by atoms with Gasteiger partial charge in [-0.1, -0.05) is 0 Å². The maximum atomic E-state index is 10.3. The molecule has 2 N–H and O–H groups in total. The Hall–Kier alpha value is -1.45. The van der Waals surface area contributed by atoms with Crippen LogP contribution in [0.1, 0.15) is 10.5 Å². The quantitative estimate of drug-likeness (QED) is 0.551. The number of carbonyl (C=O) groups is 1. The first-order chi connectivity index (χ1) is 4.30. The maximum absolute atomic E-state index is 10.3. The first-order valence-electron chi connectivity index (χ1n) is 2.38. The monoisotopic (exact) mass is 123 g/mol. The summed E-state index contributed by atoms with van der Waals surface area (Å²) in [6, 6.07) is 3.11. The molecule has 1 rings (SSSR count). The van der Waals surface area contributed by atoms with E-state index in [1.54, 1.807) is 6.07 Å². The molecule has 9 heavy (non-hydrogen) atoms. The number of rotatable bonds is 1. The van der Waals surface area contributed by atoms with Gasteiger partial charge in [0.25, 0.3) is 5.91 Å². The smallest absolute Gasteiger partial charge is 0.269 e. The van der Waals surface area contributed by atoms with E-state index in [0.717, 1.165) is 0 Å². The second-order valence-electron chi connectivity index (χ2n) is 1.47. The molecule has 46 valence electrons. The van der Waals surface area contributed by atoms with Gasteiger partial charge in [-0.25, -0.2) is 0 Å². The molecule has 0 fully saturated rings. The van der Waals surface area contributed by atoms with E-state index in [1.165, 1.54) is 12.3 Å². The first kappa shape index (κ1) is 5.68. The van der Waals surface area contributed by atoms with Crippen LogP contribution in [0.15, 0.2) is 18.3 Å². The lowest BCUT2D eigenvalue weighted by Gasteiger charge is -1.87. The third-order valence-corrected chi connectivity index (χ3v) is 0.825. The number of hydrogen-bond acceptors (Lipinski definition) is 3. The summed E-state index contributed by atoms with van der Waals surface area (Å²) in [5.41, 5.74) is 5.06. The topological polar surface area (TPSA) is 68.9 Å². The van der Waals surface area contributed by atoms with Crippen LogP contribution < -0.4 is 5.73 Å². The van der Waals surface area contributed by atoms with Gasteiger partial charge in [-0.3, -0.25) is 4.79 Å². The fourth-order valence-electron chi connectivity index (χ4n) is 0.433. The molecule has 0 saturated heterocycles. The highest BCUT2D eigenvalue weighted by Crippen LogP contribution is 1.86. The molecule has 4 heteroatoms. The largest absolute Gasteiger partial charge is 0.364 e. The Morgan fingerprint density at radius 2 is 2.44 bits per heavy atom. The summed E-state index contributed by atoms with van der Waals surface area (Å²) < 4.78 is 0. The van der Waals surface area contributed by atoms with Gasteiger partial charge < -0.3 is 5.73 Å². The summed E-state index contributed by atoms with van der Waals surface area (Å²) in [5.74, 6) is -0.553. The van der Waals surface area contributed by atoms with Gasteiger partial charge in [-0.05, 0) is 12.1 Å². The van der Waals surface area contributed by atoms with E-state index in [9.17, 15) is 4.79 Å². The Labute approximate surface area is 51.7 Å². The Kier molecular flexibility index (Phi) is 1.40. The molecule has 1 aromatic rings. The fourth-order valence-corrected chi connectivity index (χ4v) is 0.433. The molecule has 0 aromatic carbocycles. The molecule has 0 spiro atoms. The highest BCUT2D eigenvalue weighted by atomic mass is 16.1. The molecule has 1 heterocycles. The molecule has 0 atom stereocenters. The SMILES string of the molecule is NC(=O)c1cccnn1. The minimum atomic E-state index is -0.553. The summed E-state index contributed by atoms with van der Waals surface area (Å²) in [7, 11) is 0. The molecule has 0 aliphatic carbocycles. The normalized spacial score (nSPS) is 8.89. The standard InChI is InChI=1S/C5H5N3O/c6-5(9)4-2-1-3-7-8-4/h1-3H,(H2,6,9). The van der Waals surface area contributed by atoms with Gasteiger partial charge in [0.2, 0.25) is 0 Å². The third kappa shape index (κ3) is 1.22. The second kappa shape index (κ2) is 2.21. The highest BCUT2D eigenvalue weighted by molar-refractivity contribution is 5.90. The molecule has 0 aliphatic rings. The molecule has 0 radical (unpaired) electrons. The number of aromatic nitrogens is 2. The predicted molar refractivity (Wildman–Crippen MR) is 30.5 cm³/mol. The van der Waals surface area contributed by atoms with Crippen LogP contribution in [-0.4, -0.2) is 16.1 Å². The van der Waals surface area contributed by atoms with Gasteiger partial charge in [0, 0.05) is 6.20 Å². The summed E-state index contributed by atoms with van der Waals surface area (Å²) in [4.78, 5) is 10.3. The van der Waals surface area contributed by atoms with Crippen LogP contribution in [-0.2, 0) is 0 Å². The summed E-state index contributed by atoms with van der Waals surface area (Å²) in [6.45, 7) is 0. The van der Waals surface area contributed by atoms with E-state index in [-0.39, 0.29) is 5.69 Å². The van der Waals surface area contributed by atoms with E-state index >= 15 is 0 Å². The van der Waals surface area contributed by atoms with Crippen molar-refractivity contribution < 1.29 is 4.79 Å². The van der Waals surface area contributed by atoms with E-state index < -0.39 is 5.91 Å². The minimum Gasteiger partial charge on any atom is -0.364 e. The zero-order chi connectivity index (χ0) is 6.69. The van der Waals surface area contributed by atoms with Crippen molar-refractivity contribution in [1.29, 1.82) is 0 Å². The fraction of sp³-hybridized carbons (Fsp3) is 0. The van der Waals surface area contributed by atoms with Crippen LogP contribution in [0.25, 0.3) is 0 Å². The van der Waals surface area contributed by atoms with Crippen molar-refractivity contribution in [2.24, 2.45) is 5.73 Å². The zero-order valence-electron chi connectivity index (χ0n) is 4.61. The third-order valence-electron chi connectivity index (χ3n) is 0.825. The van der Waals surface area contributed by atoms with Crippen LogP contribution in [0, 0.1) is 0 Å². The van der Waals surface area contributed by atoms with Gasteiger partial charge in [-0.2, -0.15) is 5.10 Å². The number of carbonyl (C=O) groups excluding carboxylic acids is 1. The Balaban J connectivity index is 2.98. The second-order valence-corrected chi connectivity index (χ2v) is 1.47. The molecule has 0 aliphatic heterocycles. The lowest BCUT2D eigenvalue weighted by atomic mass is 10.4. The van der Waals surface area contributed by atoms with E-state index in [0.29, 0.717) is 0 Å². The summed E-state index contributed by atoms with van der Waals surface area (Å²) in [6.07, 6.45) is 1.48. The minimum absolute atomic E-state index is 0.192. The van der Waals surface area contributed by atoms with Crippen molar-refractivity contribution in [3.63, 3.8) is 0 Å². The number of hydrogen-bond donors (Lipinski definition) is 1. The van der Waals surface area contributed by atoms with Crippen molar-refractivity contribution in [2.75, 3.05) is 0 Å². The van der Waals surface area contributed by atoms with Crippen LogP contribution in [0.5, 0.6) is 0 Å². The highest BCUT2D eigenvalue weighted by Gasteiger charge is 1.97. The van der Waals surface area contributed by atoms with Crippen molar-refractivity contribution in [2.45, 2.75) is 0 Å². The predicted octanol–water partition coefficient (Wildman–Crippen LogP) is -0.425. The molecule has 0 saturated carbocycles. The van der Waals surface area contributed by atoms with Crippen LogP contribution in [0.3, 0.4) is 0 Å². The van der Waals surface area contributed by atoms with Crippen LogP contribution in [0.2, 0.25) is 0 Å². The van der Waals surface area contributed by atoms with Crippen molar-refractivity contribution in [3.05, 3.63) is 24.0 Å². The van der Waals surface area contributed by atoms with Crippen LogP contribution >= 0.6 is 0 Å². The van der Waals surface area contributed by atoms with Crippen molar-refractivity contribution in [3.8, 4) is 0 Å². The van der Waals surface area contributed by atoms with E-state index in [1.807, 2.05) is 0 Å². The summed E-state index contributed by atoms with van der Waals surface area (Å²) >= 11 is 0. The number of primary amides is 1. The van der Waals surface area contributed by atoms with Crippen LogP contribution in [0.4, 0.5) is 0 Å². The number of amides is 1. The van der Waals surface area contributed by atoms with Gasteiger partial charge in [0.15, 0.2) is 5.69 Å². The average Bonchev–Trinajstić information content (AvgIpc) is 1.90. The number of nitrogens with zero attached hydrogens (tertiary/aromatic N) is 2. The van der Waals surface area contributed by atoms with Crippen molar-refractivity contribution in [1.82, 2.24) is 10.2 Å². The average molecular weight is 123 g/mol. The van der Waals surface area contributed by atoms with Gasteiger partial charge in [-0.15, -0.1) is 5.10 Å². The summed E-state index contributed by atoms with van der Waals surface area (Å²) in [5, 5.41) is 6.91. The molecule has 0 unspecified atom stereocenters. The lowest BCUT2D eigenvalue weighted by molar-refractivity contribution is 0.0994. The van der Waals surface area contributed by atoms with E-state index in [2.05, 4.69) is 10.2 Å². The molecular weight excluding hydrogens is 118 g/mol. The van der Waals surface area contributed by atoms with Gasteiger partial charge in [0.1, 0.15) is 0 Å². The molecule has 4 nitrogen and oxygen atoms in total. The van der Waals surface area contributed by atoms with E-state index in [4.69, 9.17) is 5.73 Å². The molecule has 1 aromatic heterocycles. The Morgan fingerprint density at radius 1 is 1.67 bits per heavy atom. The Morgan fingerprint density at radius 3 is 2.78 bits per heavy atom. The van der Waals surface area contributed by atoms with Gasteiger partial charge in [0.05, 0.1) is 0 Å². The molecule has 1 amide bonds. The maximum Gasteiger partial charge on any atom is 0.269 e. The first-order valence-corrected chi connectivity index (χ1v) is 2.38. The van der Waals surface area contributed by atoms with Gasteiger partial charge >= 0.3 is 0 Å². The molecular formula is C5H5N3O. The molecule has 0 bridgehead atoms. The number of nitrogens with two attached hydrogens (primary N) is 1. The van der Waals surface area contributed by atoms with Crippen molar-refractivity contribution >= 4 is 5.91 Å².